The third kappa shape index (κ3) is 2.93. The van der Waals surface area contributed by atoms with Crippen molar-refractivity contribution in [1.29, 1.82) is 0 Å². The largest absolute Gasteiger partial charge is 0.378 e. The standard InChI is InChI=1S/C15H27N3S/c1-10(2)18-12(4)14(11(3)17-18)16-13-9-19-8-7-15(13,5)6/h10,13,16H,7-9H2,1-6H3. The fourth-order valence-corrected chi connectivity index (χ4v) is 4.33. The van der Waals surface area contributed by atoms with Gasteiger partial charge in [0.05, 0.1) is 17.1 Å². The number of hydrogen-bond donors (Lipinski definition) is 1. The van der Waals surface area contributed by atoms with Crippen LogP contribution < -0.4 is 5.32 Å². The van der Waals surface area contributed by atoms with Crippen LogP contribution in [0.3, 0.4) is 0 Å². The van der Waals surface area contributed by atoms with Crippen molar-refractivity contribution in [2.24, 2.45) is 5.41 Å². The van der Waals surface area contributed by atoms with E-state index in [0.717, 1.165) is 5.69 Å². The zero-order valence-electron chi connectivity index (χ0n) is 13.1. The Bertz CT molecular complexity index is 448. The number of nitrogens with one attached hydrogen (secondary N) is 1. The third-order valence-electron chi connectivity index (χ3n) is 4.25. The Morgan fingerprint density at radius 3 is 2.58 bits per heavy atom. The molecule has 0 amide bonds. The van der Waals surface area contributed by atoms with Gasteiger partial charge in [-0.15, -0.1) is 0 Å². The lowest BCUT2D eigenvalue weighted by molar-refractivity contribution is 0.305. The van der Waals surface area contributed by atoms with Crippen molar-refractivity contribution in [1.82, 2.24) is 9.78 Å². The molecule has 1 aliphatic heterocycles. The second-order valence-corrected chi connectivity index (χ2v) is 7.74. The highest BCUT2D eigenvalue weighted by molar-refractivity contribution is 7.99. The minimum atomic E-state index is 0.365. The third-order valence-corrected chi connectivity index (χ3v) is 5.31. The van der Waals surface area contributed by atoms with Crippen molar-refractivity contribution in [3.63, 3.8) is 0 Å². The van der Waals surface area contributed by atoms with Gasteiger partial charge in [0.2, 0.25) is 0 Å². The van der Waals surface area contributed by atoms with E-state index in [4.69, 9.17) is 0 Å². The zero-order chi connectivity index (χ0) is 14.2. The molecule has 1 N–H and O–H groups in total. The summed E-state index contributed by atoms with van der Waals surface area (Å²) in [4.78, 5) is 0. The van der Waals surface area contributed by atoms with E-state index in [1.807, 2.05) is 0 Å². The van der Waals surface area contributed by atoms with Crippen molar-refractivity contribution >= 4 is 17.4 Å². The molecule has 1 saturated heterocycles. The van der Waals surface area contributed by atoms with E-state index in [1.54, 1.807) is 0 Å². The van der Waals surface area contributed by atoms with Crippen LogP contribution in [0, 0.1) is 19.3 Å². The Morgan fingerprint density at radius 2 is 2.05 bits per heavy atom. The molecule has 19 heavy (non-hydrogen) atoms. The molecular weight excluding hydrogens is 254 g/mol. The topological polar surface area (TPSA) is 29.9 Å². The Hall–Kier alpha value is -0.640. The Balaban J connectivity index is 2.23. The summed E-state index contributed by atoms with van der Waals surface area (Å²) in [5.41, 5.74) is 4.00. The van der Waals surface area contributed by atoms with Gasteiger partial charge in [0.25, 0.3) is 0 Å². The van der Waals surface area contributed by atoms with Gasteiger partial charge in [-0.3, -0.25) is 4.68 Å². The summed E-state index contributed by atoms with van der Waals surface area (Å²) in [7, 11) is 0. The van der Waals surface area contributed by atoms with E-state index in [-0.39, 0.29) is 0 Å². The van der Waals surface area contributed by atoms with Gasteiger partial charge in [-0.25, -0.2) is 0 Å². The molecule has 1 fully saturated rings. The summed E-state index contributed by atoms with van der Waals surface area (Å²) < 4.78 is 2.13. The number of nitrogens with zero attached hydrogens (tertiary/aromatic N) is 2. The summed E-state index contributed by atoms with van der Waals surface area (Å²) >= 11 is 2.06. The van der Waals surface area contributed by atoms with E-state index in [2.05, 4.69) is 68.4 Å². The average molecular weight is 281 g/mol. The lowest BCUT2D eigenvalue weighted by atomic mass is 9.82. The highest BCUT2D eigenvalue weighted by Gasteiger charge is 2.33. The maximum Gasteiger partial charge on any atom is 0.0828 e. The second kappa shape index (κ2) is 5.39. The highest BCUT2D eigenvalue weighted by atomic mass is 32.2. The predicted molar refractivity (Wildman–Crippen MR) is 85.2 cm³/mol. The van der Waals surface area contributed by atoms with E-state index >= 15 is 0 Å². The van der Waals surface area contributed by atoms with Gasteiger partial charge in [-0.05, 0) is 45.3 Å². The molecule has 2 rings (SSSR count). The minimum absolute atomic E-state index is 0.365. The molecular formula is C15H27N3S. The first-order valence-electron chi connectivity index (χ1n) is 7.23. The molecule has 0 aliphatic carbocycles. The number of anilines is 1. The SMILES string of the molecule is Cc1nn(C(C)C)c(C)c1NC1CSCCC1(C)C. The molecule has 108 valence electrons. The van der Waals surface area contributed by atoms with Gasteiger partial charge in [0.1, 0.15) is 0 Å². The minimum Gasteiger partial charge on any atom is -0.378 e. The fraction of sp³-hybridized carbons (Fsp3) is 0.800. The van der Waals surface area contributed by atoms with Crippen LogP contribution in [-0.2, 0) is 0 Å². The number of hydrogen-bond acceptors (Lipinski definition) is 3. The molecule has 0 bridgehead atoms. The predicted octanol–water partition coefficient (Wildman–Crippen LogP) is 4.02. The molecule has 0 aromatic carbocycles. The summed E-state index contributed by atoms with van der Waals surface area (Å²) in [5.74, 6) is 2.48. The normalized spacial score (nSPS) is 22.8. The first-order valence-corrected chi connectivity index (χ1v) is 8.38. The van der Waals surface area contributed by atoms with Gasteiger partial charge in [0, 0.05) is 17.8 Å². The smallest absolute Gasteiger partial charge is 0.0828 e. The van der Waals surface area contributed by atoms with Crippen molar-refractivity contribution in [3.8, 4) is 0 Å². The van der Waals surface area contributed by atoms with Crippen molar-refractivity contribution in [2.75, 3.05) is 16.8 Å². The van der Waals surface area contributed by atoms with Crippen LogP contribution in [-0.4, -0.2) is 27.3 Å². The molecule has 1 aromatic heterocycles. The monoisotopic (exact) mass is 281 g/mol. The van der Waals surface area contributed by atoms with Gasteiger partial charge in [-0.2, -0.15) is 16.9 Å². The van der Waals surface area contributed by atoms with Crippen molar-refractivity contribution < 1.29 is 0 Å². The number of thioether (sulfide) groups is 1. The lowest BCUT2D eigenvalue weighted by Crippen LogP contribution is -2.41. The maximum atomic E-state index is 4.67. The van der Waals surface area contributed by atoms with E-state index in [1.165, 1.54) is 29.3 Å². The molecule has 1 unspecified atom stereocenters. The molecule has 1 atom stereocenters. The molecule has 0 radical (unpaired) electrons. The van der Waals surface area contributed by atoms with Crippen LogP contribution in [0.1, 0.15) is 51.5 Å². The van der Waals surface area contributed by atoms with Crippen LogP contribution in [0.2, 0.25) is 0 Å². The number of aryl methyl sites for hydroxylation is 1. The quantitative estimate of drug-likeness (QED) is 0.907. The average Bonchev–Trinajstić information content (AvgIpc) is 2.59. The maximum absolute atomic E-state index is 4.67. The first kappa shape index (κ1) is 14.8. The van der Waals surface area contributed by atoms with E-state index in [9.17, 15) is 0 Å². The molecule has 4 heteroatoms. The molecule has 3 nitrogen and oxygen atoms in total. The van der Waals surface area contributed by atoms with Crippen molar-refractivity contribution in [3.05, 3.63) is 11.4 Å². The first-order chi connectivity index (χ1) is 8.83. The summed E-state index contributed by atoms with van der Waals surface area (Å²) in [5, 5.41) is 8.45. The lowest BCUT2D eigenvalue weighted by Gasteiger charge is -2.39. The molecule has 0 spiro atoms. The number of rotatable bonds is 3. The molecule has 0 saturated carbocycles. The number of aromatic nitrogens is 2. The van der Waals surface area contributed by atoms with Gasteiger partial charge >= 0.3 is 0 Å². The van der Waals surface area contributed by atoms with E-state index in [0.29, 0.717) is 17.5 Å². The summed E-state index contributed by atoms with van der Waals surface area (Å²) in [6, 6.07) is 0.955. The Labute approximate surface area is 121 Å². The molecule has 1 aromatic rings. The second-order valence-electron chi connectivity index (χ2n) is 6.59. The molecule has 1 aliphatic rings. The Morgan fingerprint density at radius 1 is 1.37 bits per heavy atom. The summed E-state index contributed by atoms with van der Waals surface area (Å²) in [6.07, 6.45) is 1.28. The van der Waals surface area contributed by atoms with Gasteiger partial charge in [-0.1, -0.05) is 13.8 Å². The zero-order valence-corrected chi connectivity index (χ0v) is 13.9. The molecule has 2 heterocycles. The van der Waals surface area contributed by atoms with Crippen LogP contribution in [0.4, 0.5) is 5.69 Å². The van der Waals surface area contributed by atoms with E-state index < -0.39 is 0 Å². The Kier molecular flexibility index (Phi) is 4.19. The fourth-order valence-electron chi connectivity index (χ4n) is 2.72. The van der Waals surface area contributed by atoms with Crippen LogP contribution in [0.15, 0.2) is 0 Å². The van der Waals surface area contributed by atoms with Crippen LogP contribution in [0.5, 0.6) is 0 Å². The highest BCUT2D eigenvalue weighted by Crippen LogP contribution is 2.37. The van der Waals surface area contributed by atoms with Gasteiger partial charge in [0.15, 0.2) is 0 Å². The van der Waals surface area contributed by atoms with Crippen molar-refractivity contribution in [2.45, 2.75) is 60.0 Å². The summed E-state index contributed by atoms with van der Waals surface area (Å²) in [6.45, 7) is 13.4. The van der Waals surface area contributed by atoms with Crippen LogP contribution in [0.25, 0.3) is 0 Å². The van der Waals surface area contributed by atoms with Crippen LogP contribution >= 0.6 is 11.8 Å². The van der Waals surface area contributed by atoms with Gasteiger partial charge < -0.3 is 5.32 Å².